The van der Waals surface area contributed by atoms with Crippen molar-refractivity contribution in [2.75, 3.05) is 11.9 Å². The maximum atomic E-state index is 12.7. The molecule has 0 bridgehead atoms. The smallest absolute Gasteiger partial charge is 0.230 e. The van der Waals surface area contributed by atoms with Crippen LogP contribution in [0.3, 0.4) is 0 Å². The quantitative estimate of drug-likeness (QED) is 0.908. The van der Waals surface area contributed by atoms with Gasteiger partial charge in [0.2, 0.25) is 5.91 Å². The molecule has 1 atom stereocenters. The largest absolute Gasteiger partial charge is 0.326 e. The van der Waals surface area contributed by atoms with Gasteiger partial charge in [0.15, 0.2) is 0 Å². The van der Waals surface area contributed by atoms with Crippen molar-refractivity contribution in [2.45, 2.75) is 39.7 Å². The van der Waals surface area contributed by atoms with Gasteiger partial charge in [-0.3, -0.25) is 4.79 Å². The molecule has 19 heavy (non-hydrogen) atoms. The highest BCUT2D eigenvalue weighted by Gasteiger charge is 2.40. The first-order chi connectivity index (χ1) is 8.97. The Balaban J connectivity index is 2.24. The van der Waals surface area contributed by atoms with Gasteiger partial charge in [0.1, 0.15) is 0 Å². The van der Waals surface area contributed by atoms with Gasteiger partial charge >= 0.3 is 0 Å². The third-order valence-corrected chi connectivity index (χ3v) is 4.46. The molecule has 0 spiro atoms. The molecule has 104 valence electrons. The van der Waals surface area contributed by atoms with Crippen LogP contribution in [0, 0.1) is 11.3 Å². The van der Waals surface area contributed by atoms with Gasteiger partial charge in [-0.1, -0.05) is 38.5 Å². The molecule has 2 rings (SSSR count). The lowest BCUT2D eigenvalue weighted by Crippen LogP contribution is -2.38. The Morgan fingerprint density at radius 1 is 1.42 bits per heavy atom. The molecule has 2 N–H and O–H groups in total. The summed E-state index contributed by atoms with van der Waals surface area (Å²) in [5.41, 5.74) is 7.84. The number of hydrogen-bond acceptors (Lipinski definition) is 2. The minimum atomic E-state index is 0.114. The first-order valence-electron chi connectivity index (χ1n) is 7.03. The summed E-state index contributed by atoms with van der Waals surface area (Å²) in [5, 5.41) is 0. The van der Waals surface area contributed by atoms with Gasteiger partial charge in [0, 0.05) is 25.2 Å². The second-order valence-corrected chi connectivity index (χ2v) is 6.16. The normalized spacial score (nSPS) is 21.4. The van der Waals surface area contributed by atoms with Gasteiger partial charge in [0.05, 0.1) is 0 Å². The molecule has 1 saturated carbocycles. The van der Waals surface area contributed by atoms with Gasteiger partial charge < -0.3 is 10.6 Å². The number of rotatable bonds is 3. The number of hydrogen-bond donors (Lipinski definition) is 1. The minimum absolute atomic E-state index is 0.114. The second-order valence-electron chi connectivity index (χ2n) is 6.16. The van der Waals surface area contributed by atoms with E-state index in [0.29, 0.717) is 6.54 Å². The number of nitrogens with zero attached hydrogens (tertiary/aromatic N) is 1. The van der Waals surface area contributed by atoms with Gasteiger partial charge in [-0.25, -0.2) is 0 Å². The highest BCUT2D eigenvalue weighted by atomic mass is 16.2. The van der Waals surface area contributed by atoms with Crippen LogP contribution >= 0.6 is 0 Å². The number of amides is 1. The van der Waals surface area contributed by atoms with Crippen LogP contribution in [0.5, 0.6) is 0 Å². The molecule has 0 heterocycles. The summed E-state index contributed by atoms with van der Waals surface area (Å²) >= 11 is 0. The topological polar surface area (TPSA) is 46.3 Å². The van der Waals surface area contributed by atoms with Crippen molar-refractivity contribution in [1.82, 2.24) is 0 Å². The molecule has 1 aliphatic rings. The van der Waals surface area contributed by atoms with E-state index in [9.17, 15) is 4.79 Å². The number of benzene rings is 1. The van der Waals surface area contributed by atoms with E-state index in [2.05, 4.69) is 13.8 Å². The zero-order valence-electron chi connectivity index (χ0n) is 12.1. The average Bonchev–Trinajstić information content (AvgIpc) is 2.76. The zero-order chi connectivity index (χ0) is 14.0. The Morgan fingerprint density at radius 2 is 2.11 bits per heavy atom. The maximum absolute atomic E-state index is 12.7. The molecular formula is C16H24N2O. The van der Waals surface area contributed by atoms with Crippen LogP contribution < -0.4 is 10.6 Å². The lowest BCUT2D eigenvalue weighted by Gasteiger charge is -2.30. The van der Waals surface area contributed by atoms with Crippen molar-refractivity contribution in [2.24, 2.45) is 17.1 Å². The molecule has 0 saturated heterocycles. The number of anilines is 1. The molecule has 0 aliphatic heterocycles. The molecule has 1 aliphatic carbocycles. The van der Waals surface area contributed by atoms with E-state index in [-0.39, 0.29) is 17.2 Å². The summed E-state index contributed by atoms with van der Waals surface area (Å²) < 4.78 is 0. The SMILES string of the molecule is CN(C(=O)C1CCCC1(C)C)c1ccccc1CN. The monoisotopic (exact) mass is 260 g/mol. The Labute approximate surface area is 115 Å². The molecule has 1 aromatic rings. The van der Waals surface area contributed by atoms with Crippen molar-refractivity contribution in [3.63, 3.8) is 0 Å². The Hall–Kier alpha value is -1.35. The fourth-order valence-electron chi connectivity index (χ4n) is 3.15. The third kappa shape index (κ3) is 2.66. The van der Waals surface area contributed by atoms with Crippen LogP contribution in [0.25, 0.3) is 0 Å². The summed E-state index contributed by atoms with van der Waals surface area (Å²) in [6, 6.07) is 7.88. The fraction of sp³-hybridized carbons (Fsp3) is 0.562. The van der Waals surface area contributed by atoms with Crippen LogP contribution in [0.1, 0.15) is 38.7 Å². The molecule has 1 amide bonds. The van der Waals surface area contributed by atoms with Crippen LogP contribution in [-0.2, 0) is 11.3 Å². The van der Waals surface area contributed by atoms with Gasteiger partial charge in [-0.15, -0.1) is 0 Å². The molecule has 0 aromatic heterocycles. The summed E-state index contributed by atoms with van der Waals surface area (Å²) in [6.07, 6.45) is 3.28. The molecule has 1 unspecified atom stereocenters. The average molecular weight is 260 g/mol. The van der Waals surface area contributed by atoms with Gasteiger partial charge in [0.25, 0.3) is 0 Å². The van der Waals surface area contributed by atoms with E-state index in [1.807, 2.05) is 31.3 Å². The Kier molecular flexibility index (Phi) is 3.95. The Morgan fingerprint density at radius 3 is 2.68 bits per heavy atom. The molecule has 0 radical (unpaired) electrons. The molecule has 1 aromatic carbocycles. The van der Waals surface area contributed by atoms with E-state index < -0.39 is 0 Å². The van der Waals surface area contributed by atoms with Crippen molar-refractivity contribution < 1.29 is 4.79 Å². The number of para-hydroxylation sites is 1. The summed E-state index contributed by atoms with van der Waals surface area (Å²) in [6.45, 7) is 4.86. The van der Waals surface area contributed by atoms with Gasteiger partial charge in [-0.05, 0) is 29.9 Å². The van der Waals surface area contributed by atoms with Crippen LogP contribution in [-0.4, -0.2) is 13.0 Å². The highest BCUT2D eigenvalue weighted by molar-refractivity contribution is 5.95. The van der Waals surface area contributed by atoms with Crippen molar-refractivity contribution in [3.8, 4) is 0 Å². The number of nitrogens with two attached hydrogens (primary N) is 1. The standard InChI is InChI=1S/C16H24N2O/c1-16(2)10-6-8-13(16)15(19)18(3)14-9-5-4-7-12(14)11-17/h4-5,7,9,13H,6,8,10-11,17H2,1-3H3. The molecule has 1 fully saturated rings. The predicted molar refractivity (Wildman–Crippen MR) is 78.9 cm³/mol. The van der Waals surface area contributed by atoms with Crippen molar-refractivity contribution >= 4 is 11.6 Å². The number of carbonyl (C=O) groups is 1. The highest BCUT2D eigenvalue weighted by Crippen LogP contribution is 2.43. The summed E-state index contributed by atoms with van der Waals surface area (Å²) in [5.74, 6) is 0.353. The lowest BCUT2D eigenvalue weighted by molar-refractivity contribution is -0.124. The van der Waals surface area contributed by atoms with E-state index in [1.54, 1.807) is 4.90 Å². The Bertz CT molecular complexity index is 468. The van der Waals surface area contributed by atoms with E-state index in [4.69, 9.17) is 5.73 Å². The zero-order valence-corrected chi connectivity index (χ0v) is 12.1. The summed E-state index contributed by atoms with van der Waals surface area (Å²) in [7, 11) is 1.87. The van der Waals surface area contributed by atoms with Crippen LogP contribution in [0.4, 0.5) is 5.69 Å². The fourth-order valence-corrected chi connectivity index (χ4v) is 3.15. The van der Waals surface area contributed by atoms with Crippen molar-refractivity contribution in [1.29, 1.82) is 0 Å². The molecule has 3 nitrogen and oxygen atoms in total. The first-order valence-corrected chi connectivity index (χ1v) is 7.03. The molecular weight excluding hydrogens is 236 g/mol. The molecule has 3 heteroatoms. The maximum Gasteiger partial charge on any atom is 0.230 e. The third-order valence-electron chi connectivity index (χ3n) is 4.46. The van der Waals surface area contributed by atoms with E-state index in [1.165, 1.54) is 0 Å². The summed E-state index contributed by atoms with van der Waals surface area (Å²) in [4.78, 5) is 14.5. The van der Waals surface area contributed by atoms with Crippen molar-refractivity contribution in [3.05, 3.63) is 29.8 Å². The first kappa shape index (κ1) is 14.1. The van der Waals surface area contributed by atoms with Crippen LogP contribution in [0.2, 0.25) is 0 Å². The van der Waals surface area contributed by atoms with E-state index in [0.717, 1.165) is 30.5 Å². The van der Waals surface area contributed by atoms with E-state index >= 15 is 0 Å². The minimum Gasteiger partial charge on any atom is -0.326 e. The predicted octanol–water partition coefficient (Wildman–Crippen LogP) is 2.93. The number of carbonyl (C=O) groups excluding carboxylic acids is 1. The van der Waals surface area contributed by atoms with Gasteiger partial charge in [-0.2, -0.15) is 0 Å². The second kappa shape index (κ2) is 5.33. The lowest BCUT2D eigenvalue weighted by atomic mass is 9.81. The van der Waals surface area contributed by atoms with Crippen LogP contribution in [0.15, 0.2) is 24.3 Å².